The van der Waals surface area contributed by atoms with Crippen LogP contribution in [0.15, 0.2) is 48.7 Å². The molecular formula is C18H17F3N4O3S. The van der Waals surface area contributed by atoms with E-state index in [9.17, 15) is 21.6 Å². The molecule has 0 amide bonds. The highest BCUT2D eigenvalue weighted by Crippen LogP contribution is 2.33. The van der Waals surface area contributed by atoms with Crippen molar-refractivity contribution in [3.8, 4) is 22.8 Å². The molecule has 0 fully saturated rings. The molecule has 0 aliphatic heterocycles. The van der Waals surface area contributed by atoms with E-state index in [0.29, 0.717) is 22.7 Å². The standard InChI is InChI=1S/C18H17F3N4O3S/c1-28-17-8-7-14(11-22-17)25-15(9-16(24-25)18(19,20)21)13-5-3-12(4-6-13)10-23-29(2,26)27/h3-9,11,23H,10H2,1-2H3. The summed E-state index contributed by atoms with van der Waals surface area (Å²) in [6.45, 7) is 0.0780. The second kappa shape index (κ2) is 7.84. The molecule has 0 aliphatic carbocycles. The minimum atomic E-state index is -4.61. The monoisotopic (exact) mass is 426 g/mol. The van der Waals surface area contributed by atoms with Gasteiger partial charge in [0.25, 0.3) is 0 Å². The molecule has 0 saturated carbocycles. The first-order valence-corrected chi connectivity index (χ1v) is 10.2. The topological polar surface area (TPSA) is 86.1 Å². The molecule has 11 heteroatoms. The van der Waals surface area contributed by atoms with Gasteiger partial charge in [0.2, 0.25) is 15.9 Å². The van der Waals surface area contributed by atoms with E-state index in [1.807, 2.05) is 0 Å². The number of hydrogen-bond acceptors (Lipinski definition) is 5. The maximum absolute atomic E-state index is 13.2. The Hall–Kier alpha value is -2.92. The molecule has 1 aromatic carbocycles. The van der Waals surface area contributed by atoms with E-state index in [2.05, 4.69) is 14.8 Å². The molecule has 1 N–H and O–H groups in total. The third kappa shape index (κ3) is 5.12. The van der Waals surface area contributed by atoms with Gasteiger partial charge in [-0.2, -0.15) is 18.3 Å². The number of pyridine rings is 1. The Balaban J connectivity index is 2.00. The number of ether oxygens (including phenoxy) is 1. The molecule has 2 heterocycles. The molecule has 0 unspecified atom stereocenters. The summed E-state index contributed by atoms with van der Waals surface area (Å²) in [7, 11) is -1.92. The number of nitrogens with zero attached hydrogens (tertiary/aromatic N) is 3. The first-order valence-electron chi connectivity index (χ1n) is 8.28. The Bertz CT molecular complexity index is 1090. The van der Waals surface area contributed by atoms with Crippen molar-refractivity contribution in [2.75, 3.05) is 13.4 Å². The summed E-state index contributed by atoms with van der Waals surface area (Å²) in [4.78, 5) is 4.01. The van der Waals surface area contributed by atoms with Crippen molar-refractivity contribution >= 4 is 10.0 Å². The molecular weight excluding hydrogens is 409 g/mol. The third-order valence-corrected chi connectivity index (χ3v) is 4.63. The van der Waals surface area contributed by atoms with Gasteiger partial charge in [0.05, 0.1) is 30.9 Å². The van der Waals surface area contributed by atoms with Crippen LogP contribution in [0.1, 0.15) is 11.3 Å². The van der Waals surface area contributed by atoms with Crippen LogP contribution in [0, 0.1) is 0 Å². The zero-order valence-corrected chi connectivity index (χ0v) is 16.3. The highest BCUT2D eigenvalue weighted by Gasteiger charge is 2.35. The lowest BCUT2D eigenvalue weighted by molar-refractivity contribution is -0.141. The fourth-order valence-corrected chi connectivity index (χ4v) is 2.98. The minimum Gasteiger partial charge on any atom is -0.481 e. The van der Waals surface area contributed by atoms with Gasteiger partial charge in [0.15, 0.2) is 5.69 Å². The van der Waals surface area contributed by atoms with Crippen LogP contribution in [-0.2, 0) is 22.7 Å². The Morgan fingerprint density at radius 3 is 2.34 bits per heavy atom. The van der Waals surface area contributed by atoms with Crippen LogP contribution in [0.3, 0.4) is 0 Å². The molecule has 0 atom stereocenters. The van der Waals surface area contributed by atoms with Crippen molar-refractivity contribution in [1.82, 2.24) is 19.5 Å². The van der Waals surface area contributed by atoms with Crippen LogP contribution in [0.5, 0.6) is 5.88 Å². The largest absolute Gasteiger partial charge is 0.481 e. The van der Waals surface area contributed by atoms with Gasteiger partial charge in [-0.15, -0.1) is 0 Å². The van der Waals surface area contributed by atoms with Gasteiger partial charge >= 0.3 is 6.18 Å². The number of benzene rings is 1. The van der Waals surface area contributed by atoms with Gasteiger partial charge in [0, 0.05) is 18.2 Å². The van der Waals surface area contributed by atoms with Crippen LogP contribution in [-0.4, -0.2) is 36.5 Å². The molecule has 0 radical (unpaired) electrons. The van der Waals surface area contributed by atoms with E-state index in [-0.39, 0.29) is 12.2 Å². The predicted molar refractivity (Wildman–Crippen MR) is 100 cm³/mol. The summed E-state index contributed by atoms with van der Waals surface area (Å²) in [5, 5.41) is 3.69. The lowest BCUT2D eigenvalue weighted by atomic mass is 10.1. The molecule has 3 rings (SSSR count). The number of sulfonamides is 1. The van der Waals surface area contributed by atoms with Gasteiger partial charge in [-0.1, -0.05) is 24.3 Å². The van der Waals surface area contributed by atoms with Crippen LogP contribution in [0.25, 0.3) is 16.9 Å². The number of hydrogen-bond donors (Lipinski definition) is 1. The summed E-state index contributed by atoms with van der Waals surface area (Å²) in [6, 6.07) is 10.5. The van der Waals surface area contributed by atoms with Crippen molar-refractivity contribution in [2.45, 2.75) is 12.7 Å². The van der Waals surface area contributed by atoms with Gasteiger partial charge in [0.1, 0.15) is 0 Å². The number of halogens is 3. The maximum Gasteiger partial charge on any atom is 0.435 e. The number of methoxy groups -OCH3 is 1. The van der Waals surface area contributed by atoms with Gasteiger partial charge in [-0.05, 0) is 17.7 Å². The van der Waals surface area contributed by atoms with Crippen molar-refractivity contribution in [3.05, 3.63) is 59.9 Å². The first-order chi connectivity index (χ1) is 13.6. The average Bonchev–Trinajstić information content (AvgIpc) is 3.12. The number of rotatable bonds is 6. The number of aromatic nitrogens is 3. The van der Waals surface area contributed by atoms with Gasteiger partial charge in [-0.3, -0.25) is 0 Å². The van der Waals surface area contributed by atoms with Gasteiger partial charge in [-0.25, -0.2) is 22.8 Å². The molecule has 29 heavy (non-hydrogen) atoms. The number of alkyl halides is 3. The van der Waals surface area contributed by atoms with E-state index in [0.717, 1.165) is 17.0 Å². The Kier molecular flexibility index (Phi) is 5.62. The lowest BCUT2D eigenvalue weighted by Crippen LogP contribution is -2.21. The molecule has 0 aliphatic rings. The Labute approximate surface area is 165 Å². The molecule has 2 aromatic heterocycles. The Morgan fingerprint density at radius 2 is 1.83 bits per heavy atom. The maximum atomic E-state index is 13.2. The fraction of sp³-hybridized carbons (Fsp3) is 0.222. The summed E-state index contributed by atoms with van der Waals surface area (Å²) in [5.41, 5.74) is 0.650. The van der Waals surface area contributed by atoms with E-state index in [1.54, 1.807) is 30.3 Å². The van der Waals surface area contributed by atoms with Crippen LogP contribution < -0.4 is 9.46 Å². The van der Waals surface area contributed by atoms with E-state index >= 15 is 0 Å². The summed E-state index contributed by atoms with van der Waals surface area (Å²) < 4.78 is 70.6. The van der Waals surface area contributed by atoms with Crippen LogP contribution >= 0.6 is 0 Å². The minimum absolute atomic E-state index is 0.0780. The fourth-order valence-electron chi connectivity index (χ4n) is 2.55. The molecule has 154 valence electrons. The lowest BCUT2D eigenvalue weighted by Gasteiger charge is -2.09. The predicted octanol–water partition coefficient (Wildman–Crippen LogP) is 3.01. The quantitative estimate of drug-likeness (QED) is 0.655. The average molecular weight is 426 g/mol. The SMILES string of the molecule is COc1ccc(-n2nc(C(F)(F)F)cc2-c2ccc(CNS(C)(=O)=O)cc2)cn1. The zero-order chi connectivity index (χ0) is 21.2. The summed E-state index contributed by atoms with van der Waals surface area (Å²) in [5.74, 6) is 0.321. The second-order valence-corrected chi connectivity index (χ2v) is 8.01. The van der Waals surface area contributed by atoms with Crippen LogP contribution in [0.4, 0.5) is 13.2 Å². The summed E-state index contributed by atoms with van der Waals surface area (Å²) in [6.07, 6.45) is -2.21. The normalized spacial score (nSPS) is 12.2. The van der Waals surface area contributed by atoms with E-state index in [4.69, 9.17) is 4.74 Å². The van der Waals surface area contributed by atoms with Gasteiger partial charge < -0.3 is 4.74 Å². The highest BCUT2D eigenvalue weighted by atomic mass is 32.2. The first kappa shape index (κ1) is 20.8. The highest BCUT2D eigenvalue weighted by molar-refractivity contribution is 7.88. The second-order valence-electron chi connectivity index (χ2n) is 6.17. The van der Waals surface area contributed by atoms with Crippen molar-refractivity contribution in [1.29, 1.82) is 0 Å². The summed E-state index contributed by atoms with van der Waals surface area (Å²) >= 11 is 0. The molecule has 7 nitrogen and oxygen atoms in total. The number of nitrogens with one attached hydrogen (secondary N) is 1. The van der Waals surface area contributed by atoms with Crippen molar-refractivity contribution in [3.63, 3.8) is 0 Å². The molecule has 0 bridgehead atoms. The molecule has 3 aromatic rings. The van der Waals surface area contributed by atoms with Crippen molar-refractivity contribution in [2.24, 2.45) is 0 Å². The van der Waals surface area contributed by atoms with Crippen LogP contribution in [0.2, 0.25) is 0 Å². The smallest absolute Gasteiger partial charge is 0.435 e. The van der Waals surface area contributed by atoms with E-state index < -0.39 is 21.9 Å². The van der Waals surface area contributed by atoms with E-state index in [1.165, 1.54) is 19.4 Å². The third-order valence-electron chi connectivity index (χ3n) is 3.96. The Morgan fingerprint density at radius 1 is 1.14 bits per heavy atom. The zero-order valence-electron chi connectivity index (χ0n) is 15.4. The molecule has 0 spiro atoms. The molecule has 0 saturated heterocycles. The van der Waals surface area contributed by atoms with Crippen molar-refractivity contribution < 1.29 is 26.3 Å².